The van der Waals surface area contributed by atoms with Gasteiger partial charge >= 0.3 is 0 Å². The molecule has 2 rings (SSSR count). The summed E-state index contributed by atoms with van der Waals surface area (Å²) in [5.41, 5.74) is 0. The lowest BCUT2D eigenvalue weighted by Gasteiger charge is -2.11. The van der Waals surface area contributed by atoms with Gasteiger partial charge in [0.2, 0.25) is 0 Å². The fraction of sp³-hybridized carbons (Fsp3) is 0.600. The number of halogens is 1. The van der Waals surface area contributed by atoms with E-state index in [2.05, 4.69) is 0 Å². The van der Waals surface area contributed by atoms with E-state index in [-0.39, 0.29) is 0 Å². The molecular weight excluding hydrogens is 246 g/mol. The molecule has 3 heteroatoms. The SMILES string of the molecule is Clc1ccccc1OCCCCC[NH+]1CCCC1. The molecule has 1 aliphatic rings. The van der Waals surface area contributed by atoms with E-state index in [1.165, 1.54) is 45.3 Å². The van der Waals surface area contributed by atoms with Crippen LogP contribution in [0.4, 0.5) is 0 Å². The van der Waals surface area contributed by atoms with Gasteiger partial charge in [0.15, 0.2) is 0 Å². The lowest BCUT2D eigenvalue weighted by molar-refractivity contribution is -0.887. The average molecular weight is 269 g/mol. The number of rotatable bonds is 7. The van der Waals surface area contributed by atoms with Crippen molar-refractivity contribution in [1.82, 2.24) is 0 Å². The molecule has 2 nitrogen and oxygen atoms in total. The highest BCUT2D eigenvalue weighted by Gasteiger charge is 2.13. The zero-order valence-electron chi connectivity index (χ0n) is 11.0. The van der Waals surface area contributed by atoms with Gasteiger partial charge in [-0.3, -0.25) is 0 Å². The predicted octanol–water partition coefficient (Wildman–Crippen LogP) is 2.57. The minimum absolute atomic E-state index is 0.707. The Morgan fingerprint density at radius 3 is 2.61 bits per heavy atom. The molecule has 0 aromatic heterocycles. The number of para-hydroxylation sites is 1. The van der Waals surface area contributed by atoms with Gasteiger partial charge in [-0.1, -0.05) is 23.7 Å². The maximum atomic E-state index is 6.02. The van der Waals surface area contributed by atoms with Gasteiger partial charge in [-0.25, -0.2) is 0 Å². The first-order chi connectivity index (χ1) is 8.86. The summed E-state index contributed by atoms with van der Waals surface area (Å²) < 4.78 is 5.67. The number of benzene rings is 1. The van der Waals surface area contributed by atoms with Crippen LogP contribution in [0.25, 0.3) is 0 Å². The van der Waals surface area contributed by atoms with Crippen molar-refractivity contribution >= 4 is 11.6 Å². The Morgan fingerprint density at radius 1 is 1.06 bits per heavy atom. The molecule has 0 amide bonds. The maximum absolute atomic E-state index is 6.02. The highest BCUT2D eigenvalue weighted by molar-refractivity contribution is 6.32. The Bertz CT molecular complexity index is 350. The van der Waals surface area contributed by atoms with E-state index in [1.54, 1.807) is 4.90 Å². The Labute approximate surface area is 115 Å². The third kappa shape index (κ3) is 4.51. The first-order valence-corrected chi connectivity index (χ1v) is 7.45. The molecule has 0 spiro atoms. The summed E-state index contributed by atoms with van der Waals surface area (Å²) in [6.07, 6.45) is 6.55. The van der Waals surface area contributed by atoms with Crippen molar-refractivity contribution in [3.8, 4) is 5.75 Å². The third-order valence-corrected chi connectivity index (χ3v) is 3.89. The topological polar surface area (TPSA) is 13.7 Å². The fourth-order valence-electron chi connectivity index (χ4n) is 2.52. The molecule has 1 saturated heterocycles. The van der Waals surface area contributed by atoms with Crippen molar-refractivity contribution in [2.24, 2.45) is 0 Å². The van der Waals surface area contributed by atoms with Crippen LogP contribution in [0.2, 0.25) is 5.02 Å². The molecule has 100 valence electrons. The molecule has 0 saturated carbocycles. The molecule has 0 unspecified atom stereocenters. The first-order valence-electron chi connectivity index (χ1n) is 7.07. The minimum Gasteiger partial charge on any atom is -0.492 e. The largest absolute Gasteiger partial charge is 0.492 e. The molecule has 1 aliphatic heterocycles. The van der Waals surface area contributed by atoms with Crippen LogP contribution in [0, 0.1) is 0 Å². The van der Waals surface area contributed by atoms with Crippen molar-refractivity contribution in [1.29, 1.82) is 0 Å². The molecule has 1 fully saturated rings. The second-order valence-electron chi connectivity index (χ2n) is 5.05. The highest BCUT2D eigenvalue weighted by atomic mass is 35.5. The number of hydrogen-bond donors (Lipinski definition) is 1. The van der Waals surface area contributed by atoms with E-state index < -0.39 is 0 Å². The van der Waals surface area contributed by atoms with E-state index in [4.69, 9.17) is 16.3 Å². The van der Waals surface area contributed by atoms with Gasteiger partial charge in [0.1, 0.15) is 5.75 Å². The van der Waals surface area contributed by atoms with Crippen molar-refractivity contribution in [3.63, 3.8) is 0 Å². The van der Waals surface area contributed by atoms with E-state index >= 15 is 0 Å². The van der Waals surface area contributed by atoms with Gasteiger partial charge in [0.25, 0.3) is 0 Å². The van der Waals surface area contributed by atoms with Crippen molar-refractivity contribution in [2.45, 2.75) is 32.1 Å². The molecule has 18 heavy (non-hydrogen) atoms. The maximum Gasteiger partial charge on any atom is 0.137 e. The second-order valence-corrected chi connectivity index (χ2v) is 5.45. The Hall–Kier alpha value is -0.730. The molecule has 1 aromatic carbocycles. The summed E-state index contributed by atoms with van der Waals surface area (Å²) in [6, 6.07) is 7.68. The van der Waals surface area contributed by atoms with Gasteiger partial charge in [0.05, 0.1) is 31.3 Å². The Balaban J connectivity index is 1.52. The lowest BCUT2D eigenvalue weighted by atomic mass is 10.2. The predicted molar refractivity (Wildman–Crippen MR) is 75.6 cm³/mol. The quantitative estimate of drug-likeness (QED) is 0.751. The molecule has 0 radical (unpaired) electrons. The summed E-state index contributed by atoms with van der Waals surface area (Å²) in [5.74, 6) is 0.810. The number of unbranched alkanes of at least 4 members (excludes halogenated alkanes) is 2. The molecule has 0 atom stereocenters. The van der Waals surface area contributed by atoms with E-state index in [1.807, 2.05) is 24.3 Å². The van der Waals surface area contributed by atoms with Crippen LogP contribution in [0.5, 0.6) is 5.75 Å². The minimum atomic E-state index is 0.707. The number of nitrogens with one attached hydrogen (secondary N) is 1. The smallest absolute Gasteiger partial charge is 0.137 e. The molecule has 0 bridgehead atoms. The standard InChI is InChI=1S/C15H22ClNO/c16-14-8-2-3-9-15(14)18-13-7-1-4-10-17-11-5-6-12-17/h2-3,8-9H,1,4-7,10-13H2/p+1. The van der Waals surface area contributed by atoms with Crippen LogP contribution in [-0.2, 0) is 0 Å². The summed E-state index contributed by atoms with van der Waals surface area (Å²) in [4.78, 5) is 1.79. The van der Waals surface area contributed by atoms with Gasteiger partial charge in [-0.05, 0) is 31.4 Å². The van der Waals surface area contributed by atoms with Gasteiger partial charge in [-0.2, -0.15) is 0 Å². The zero-order valence-corrected chi connectivity index (χ0v) is 11.7. The number of ether oxygens (including phenoxy) is 1. The average Bonchev–Trinajstić information content (AvgIpc) is 2.89. The lowest BCUT2D eigenvalue weighted by Crippen LogP contribution is -3.09. The van der Waals surface area contributed by atoms with Crippen molar-refractivity contribution < 1.29 is 9.64 Å². The van der Waals surface area contributed by atoms with E-state index in [9.17, 15) is 0 Å². The number of quaternary nitrogens is 1. The fourth-order valence-corrected chi connectivity index (χ4v) is 2.71. The highest BCUT2D eigenvalue weighted by Crippen LogP contribution is 2.23. The molecule has 1 aromatic rings. The molecule has 1 heterocycles. The second kappa shape index (κ2) is 7.65. The van der Waals surface area contributed by atoms with Crippen LogP contribution in [-0.4, -0.2) is 26.2 Å². The Kier molecular flexibility index (Phi) is 5.82. The summed E-state index contributed by atoms with van der Waals surface area (Å²) in [6.45, 7) is 4.89. The first kappa shape index (κ1) is 13.7. The van der Waals surface area contributed by atoms with Gasteiger partial charge in [-0.15, -0.1) is 0 Å². The van der Waals surface area contributed by atoms with Gasteiger partial charge in [0, 0.05) is 12.8 Å². The van der Waals surface area contributed by atoms with Crippen molar-refractivity contribution in [3.05, 3.63) is 29.3 Å². The normalized spacial score (nSPS) is 16.1. The van der Waals surface area contributed by atoms with Gasteiger partial charge < -0.3 is 9.64 Å². The molecular formula is C15H23ClNO+. The third-order valence-electron chi connectivity index (χ3n) is 3.58. The summed E-state index contributed by atoms with van der Waals surface area (Å²) in [5, 5.41) is 0.707. The molecule has 1 N–H and O–H groups in total. The van der Waals surface area contributed by atoms with E-state index in [0.717, 1.165) is 18.8 Å². The van der Waals surface area contributed by atoms with Crippen molar-refractivity contribution in [2.75, 3.05) is 26.2 Å². The van der Waals surface area contributed by atoms with Crippen LogP contribution >= 0.6 is 11.6 Å². The van der Waals surface area contributed by atoms with Crippen LogP contribution in [0.1, 0.15) is 32.1 Å². The number of hydrogen-bond acceptors (Lipinski definition) is 1. The zero-order chi connectivity index (χ0) is 12.6. The van der Waals surface area contributed by atoms with Crippen LogP contribution in [0.15, 0.2) is 24.3 Å². The monoisotopic (exact) mass is 268 g/mol. The van der Waals surface area contributed by atoms with Crippen LogP contribution < -0.4 is 9.64 Å². The summed E-state index contributed by atoms with van der Waals surface area (Å²) in [7, 11) is 0. The van der Waals surface area contributed by atoms with E-state index in [0.29, 0.717) is 5.02 Å². The number of likely N-dealkylation sites (tertiary alicyclic amines) is 1. The molecule has 0 aliphatic carbocycles. The van der Waals surface area contributed by atoms with Crippen LogP contribution in [0.3, 0.4) is 0 Å². The Morgan fingerprint density at radius 2 is 1.83 bits per heavy atom. The summed E-state index contributed by atoms with van der Waals surface area (Å²) >= 11 is 6.02.